The quantitative estimate of drug-likeness (QED) is 0.857. The van der Waals surface area contributed by atoms with Crippen molar-refractivity contribution in [2.75, 3.05) is 0 Å². The molecule has 0 spiro atoms. The van der Waals surface area contributed by atoms with Crippen LogP contribution in [0.5, 0.6) is 0 Å². The summed E-state index contributed by atoms with van der Waals surface area (Å²) in [5.74, 6) is 0. The van der Waals surface area contributed by atoms with Gasteiger partial charge in [0.1, 0.15) is 0 Å². The van der Waals surface area contributed by atoms with Crippen molar-refractivity contribution in [2.45, 2.75) is 31.3 Å². The van der Waals surface area contributed by atoms with Gasteiger partial charge in [-0.2, -0.15) is 5.10 Å². The van der Waals surface area contributed by atoms with Gasteiger partial charge in [0.15, 0.2) is 0 Å². The summed E-state index contributed by atoms with van der Waals surface area (Å²) in [6, 6.07) is 11.0. The molecule has 0 saturated heterocycles. The first-order valence-electron chi connectivity index (χ1n) is 6.20. The van der Waals surface area contributed by atoms with Gasteiger partial charge in [-0.3, -0.25) is 4.68 Å². The maximum absolute atomic E-state index is 6.10. The Balaban J connectivity index is 1.88. The molecule has 0 aliphatic heterocycles. The zero-order valence-corrected chi connectivity index (χ0v) is 9.79. The Morgan fingerprint density at radius 2 is 1.94 bits per heavy atom. The molecule has 0 radical (unpaired) electrons. The molecule has 3 rings (SSSR count). The Hall–Kier alpha value is -1.61. The second kappa shape index (κ2) is 4.34. The molecule has 88 valence electrons. The first-order chi connectivity index (χ1) is 8.34. The fourth-order valence-corrected chi connectivity index (χ4v) is 2.60. The van der Waals surface area contributed by atoms with E-state index in [4.69, 9.17) is 5.73 Å². The average molecular weight is 227 g/mol. The Morgan fingerprint density at radius 1 is 1.12 bits per heavy atom. The molecule has 2 unspecified atom stereocenters. The summed E-state index contributed by atoms with van der Waals surface area (Å²) in [5.41, 5.74) is 8.48. The Morgan fingerprint density at radius 3 is 2.65 bits per heavy atom. The summed E-state index contributed by atoms with van der Waals surface area (Å²) in [7, 11) is 0. The molecular formula is C14H17N3. The van der Waals surface area contributed by atoms with Crippen LogP contribution in [0.2, 0.25) is 0 Å². The number of aromatic nitrogens is 2. The van der Waals surface area contributed by atoms with Crippen LogP contribution in [0.25, 0.3) is 11.1 Å². The molecule has 1 heterocycles. The van der Waals surface area contributed by atoms with Crippen LogP contribution >= 0.6 is 0 Å². The number of nitrogens with two attached hydrogens (primary N) is 1. The van der Waals surface area contributed by atoms with Crippen LogP contribution in [0.3, 0.4) is 0 Å². The number of benzene rings is 1. The largest absolute Gasteiger partial charge is 0.326 e. The normalized spacial score (nSPS) is 24.1. The maximum Gasteiger partial charge on any atom is 0.0670 e. The van der Waals surface area contributed by atoms with Crippen molar-refractivity contribution in [1.82, 2.24) is 9.78 Å². The van der Waals surface area contributed by atoms with Gasteiger partial charge in [0.2, 0.25) is 0 Å². The van der Waals surface area contributed by atoms with Crippen molar-refractivity contribution in [3.05, 3.63) is 42.7 Å². The Bertz CT molecular complexity index is 489. The van der Waals surface area contributed by atoms with Gasteiger partial charge < -0.3 is 5.73 Å². The van der Waals surface area contributed by atoms with Crippen molar-refractivity contribution in [2.24, 2.45) is 5.73 Å². The van der Waals surface area contributed by atoms with E-state index >= 15 is 0 Å². The minimum absolute atomic E-state index is 0.263. The van der Waals surface area contributed by atoms with Crippen LogP contribution < -0.4 is 5.73 Å². The lowest BCUT2D eigenvalue weighted by atomic mass is 10.1. The smallest absolute Gasteiger partial charge is 0.0670 e. The van der Waals surface area contributed by atoms with Crippen molar-refractivity contribution in [3.63, 3.8) is 0 Å². The molecule has 1 aromatic carbocycles. The Labute approximate surface area is 101 Å². The molecular weight excluding hydrogens is 210 g/mol. The van der Waals surface area contributed by atoms with Gasteiger partial charge in [-0.1, -0.05) is 30.3 Å². The third-order valence-corrected chi connectivity index (χ3v) is 3.58. The van der Waals surface area contributed by atoms with Gasteiger partial charge in [0.25, 0.3) is 0 Å². The second-order valence-corrected chi connectivity index (χ2v) is 4.74. The lowest BCUT2D eigenvalue weighted by molar-refractivity contribution is 0.422. The molecule has 3 heteroatoms. The van der Waals surface area contributed by atoms with Gasteiger partial charge in [-0.05, 0) is 24.8 Å². The van der Waals surface area contributed by atoms with Gasteiger partial charge in [-0.15, -0.1) is 0 Å². The van der Waals surface area contributed by atoms with Gasteiger partial charge in [-0.25, -0.2) is 0 Å². The van der Waals surface area contributed by atoms with E-state index < -0.39 is 0 Å². The number of rotatable bonds is 2. The third-order valence-electron chi connectivity index (χ3n) is 3.58. The molecule has 17 heavy (non-hydrogen) atoms. The van der Waals surface area contributed by atoms with Crippen LogP contribution in [0.15, 0.2) is 42.7 Å². The van der Waals surface area contributed by atoms with Crippen LogP contribution in [-0.2, 0) is 0 Å². The maximum atomic E-state index is 6.10. The summed E-state index contributed by atoms with van der Waals surface area (Å²) < 4.78 is 2.04. The first kappa shape index (κ1) is 10.5. The molecule has 2 atom stereocenters. The molecule has 0 amide bonds. The van der Waals surface area contributed by atoms with E-state index in [2.05, 4.69) is 23.4 Å². The molecule has 1 fully saturated rings. The highest BCUT2D eigenvalue weighted by atomic mass is 15.3. The van der Waals surface area contributed by atoms with E-state index in [-0.39, 0.29) is 6.04 Å². The minimum atomic E-state index is 0.263. The second-order valence-electron chi connectivity index (χ2n) is 4.74. The molecule has 1 aliphatic carbocycles. The summed E-state index contributed by atoms with van der Waals surface area (Å²) in [6.45, 7) is 0. The van der Waals surface area contributed by atoms with Crippen LogP contribution in [0, 0.1) is 0 Å². The highest BCUT2D eigenvalue weighted by Gasteiger charge is 2.25. The zero-order chi connectivity index (χ0) is 11.7. The summed E-state index contributed by atoms with van der Waals surface area (Å²) >= 11 is 0. The number of hydrogen-bond acceptors (Lipinski definition) is 2. The summed E-state index contributed by atoms with van der Waals surface area (Å²) in [6.07, 6.45) is 7.53. The van der Waals surface area contributed by atoms with Crippen molar-refractivity contribution in [1.29, 1.82) is 0 Å². The molecule has 1 saturated carbocycles. The van der Waals surface area contributed by atoms with E-state index in [0.29, 0.717) is 6.04 Å². The lowest BCUT2D eigenvalue weighted by Gasteiger charge is -2.15. The van der Waals surface area contributed by atoms with Crippen molar-refractivity contribution in [3.8, 4) is 11.1 Å². The predicted molar refractivity (Wildman–Crippen MR) is 68.5 cm³/mol. The monoisotopic (exact) mass is 227 g/mol. The minimum Gasteiger partial charge on any atom is -0.326 e. The van der Waals surface area contributed by atoms with Gasteiger partial charge in [0.05, 0.1) is 12.2 Å². The lowest BCUT2D eigenvalue weighted by Crippen LogP contribution is -2.27. The van der Waals surface area contributed by atoms with E-state index in [9.17, 15) is 0 Å². The molecule has 1 aromatic heterocycles. The van der Waals surface area contributed by atoms with Crippen molar-refractivity contribution < 1.29 is 0 Å². The standard InChI is InChI=1S/C14H17N3/c15-13-7-4-8-14(13)17-10-12(9-16-17)11-5-2-1-3-6-11/h1-3,5-6,9-10,13-14H,4,7-8,15H2. The van der Waals surface area contributed by atoms with Crippen LogP contribution in [-0.4, -0.2) is 15.8 Å². The summed E-state index contributed by atoms with van der Waals surface area (Å²) in [4.78, 5) is 0. The van der Waals surface area contributed by atoms with Crippen molar-refractivity contribution >= 4 is 0 Å². The first-order valence-corrected chi connectivity index (χ1v) is 6.20. The molecule has 1 aliphatic rings. The van der Waals surface area contributed by atoms with Crippen LogP contribution in [0.4, 0.5) is 0 Å². The molecule has 2 aromatic rings. The van der Waals surface area contributed by atoms with Gasteiger partial charge in [0, 0.05) is 17.8 Å². The van der Waals surface area contributed by atoms with E-state index in [1.165, 1.54) is 17.5 Å². The third kappa shape index (κ3) is 1.98. The van der Waals surface area contributed by atoms with E-state index in [1.54, 1.807) is 0 Å². The number of hydrogen-bond donors (Lipinski definition) is 1. The van der Waals surface area contributed by atoms with E-state index in [1.807, 2.05) is 29.1 Å². The number of nitrogens with zero attached hydrogens (tertiary/aromatic N) is 2. The molecule has 0 bridgehead atoms. The topological polar surface area (TPSA) is 43.8 Å². The Kier molecular flexibility index (Phi) is 2.69. The highest BCUT2D eigenvalue weighted by Crippen LogP contribution is 2.29. The fourth-order valence-electron chi connectivity index (χ4n) is 2.60. The molecule has 3 nitrogen and oxygen atoms in total. The predicted octanol–water partition coefficient (Wildman–Crippen LogP) is 2.60. The highest BCUT2D eigenvalue weighted by molar-refractivity contribution is 5.61. The van der Waals surface area contributed by atoms with Crippen LogP contribution in [0.1, 0.15) is 25.3 Å². The fraction of sp³-hybridized carbons (Fsp3) is 0.357. The average Bonchev–Trinajstić information content (AvgIpc) is 2.98. The van der Waals surface area contributed by atoms with Gasteiger partial charge >= 0.3 is 0 Å². The molecule has 2 N–H and O–H groups in total. The SMILES string of the molecule is NC1CCCC1n1cc(-c2ccccc2)cn1. The van der Waals surface area contributed by atoms with E-state index in [0.717, 1.165) is 12.8 Å². The summed E-state index contributed by atoms with van der Waals surface area (Å²) in [5, 5.41) is 4.46. The zero-order valence-electron chi connectivity index (χ0n) is 9.79.